The molecule has 3 aliphatic rings. The van der Waals surface area contributed by atoms with Gasteiger partial charge in [-0.25, -0.2) is 0 Å². The monoisotopic (exact) mass is 1080 g/mol. The molecule has 1 amide bonds. The van der Waals surface area contributed by atoms with Crippen molar-refractivity contribution < 1.29 is 89.4 Å². The predicted octanol–water partition coefficient (Wildman–Crippen LogP) is 4.37. The zero-order chi connectivity index (χ0) is 54.8. The number of carbonyl (C=O) groups is 1. The van der Waals surface area contributed by atoms with Crippen LogP contribution in [0.25, 0.3) is 0 Å². The number of hydrogen-bond donors (Lipinski definition) is 12. The van der Waals surface area contributed by atoms with Crippen molar-refractivity contribution in [2.24, 2.45) is 0 Å². The Morgan fingerprint density at radius 3 is 1.36 bits per heavy atom. The second-order valence-electron chi connectivity index (χ2n) is 21.1. The molecule has 0 aromatic rings. The van der Waals surface area contributed by atoms with Crippen LogP contribution in [0.3, 0.4) is 0 Å². The highest BCUT2D eigenvalue weighted by Gasteiger charge is 2.53. The van der Waals surface area contributed by atoms with Crippen molar-refractivity contribution in [2.45, 2.75) is 298 Å². The fraction of sp³-hybridized carbons (Fsp3) is 0.911. The molecule has 3 saturated heterocycles. The molecule has 0 aromatic carbocycles. The molecule has 3 fully saturated rings. The Bertz CT molecular complexity index is 1480. The van der Waals surface area contributed by atoms with Gasteiger partial charge in [0.05, 0.1) is 38.6 Å². The van der Waals surface area contributed by atoms with Gasteiger partial charge in [0.2, 0.25) is 5.91 Å². The molecular formula is C56H103NO18. The predicted molar refractivity (Wildman–Crippen MR) is 282 cm³/mol. The number of aliphatic hydroxyl groups is 11. The number of hydrogen-bond acceptors (Lipinski definition) is 18. The average Bonchev–Trinajstić information content (AvgIpc) is 3.41. The van der Waals surface area contributed by atoms with E-state index in [2.05, 4.69) is 43.5 Å². The summed E-state index contributed by atoms with van der Waals surface area (Å²) < 4.78 is 34.2. The Kier molecular flexibility index (Phi) is 36.4. The Morgan fingerprint density at radius 2 is 0.880 bits per heavy atom. The lowest BCUT2D eigenvalue weighted by Crippen LogP contribution is -2.66. The smallest absolute Gasteiger partial charge is 0.220 e. The summed E-state index contributed by atoms with van der Waals surface area (Å²) in [5, 5.41) is 120. The van der Waals surface area contributed by atoms with Gasteiger partial charge >= 0.3 is 0 Å². The van der Waals surface area contributed by atoms with Crippen LogP contribution in [0.1, 0.15) is 194 Å². The maximum absolute atomic E-state index is 13.3. The topological polar surface area (TPSA) is 307 Å². The van der Waals surface area contributed by atoms with Crippen LogP contribution >= 0.6 is 0 Å². The summed E-state index contributed by atoms with van der Waals surface area (Å²) in [6, 6.07) is -0.883. The summed E-state index contributed by atoms with van der Waals surface area (Å²) in [7, 11) is 0. The average molecular weight is 1080 g/mol. The van der Waals surface area contributed by atoms with E-state index in [0.717, 1.165) is 70.6 Å². The summed E-state index contributed by atoms with van der Waals surface area (Å²) in [5.74, 6) is -0.250. The van der Waals surface area contributed by atoms with Gasteiger partial charge in [0.15, 0.2) is 18.9 Å². The lowest BCUT2D eigenvalue weighted by atomic mass is 9.96. The third kappa shape index (κ3) is 25.1. The van der Waals surface area contributed by atoms with Crippen molar-refractivity contribution in [3.05, 3.63) is 24.3 Å². The largest absolute Gasteiger partial charge is 0.394 e. The molecule has 0 aliphatic carbocycles. The molecule has 19 nitrogen and oxygen atoms in total. The van der Waals surface area contributed by atoms with Crippen LogP contribution in [-0.4, -0.2) is 193 Å². The van der Waals surface area contributed by atoms with Crippen molar-refractivity contribution in [1.29, 1.82) is 0 Å². The number of carbonyl (C=O) groups excluding carboxylic acids is 1. The molecule has 17 unspecified atom stereocenters. The van der Waals surface area contributed by atoms with E-state index in [1.54, 1.807) is 0 Å². The zero-order valence-corrected chi connectivity index (χ0v) is 45.5. The normalized spacial score (nSPS) is 31.3. The van der Waals surface area contributed by atoms with Crippen LogP contribution in [0, 0.1) is 0 Å². The molecule has 12 N–H and O–H groups in total. The highest BCUT2D eigenvalue weighted by Crippen LogP contribution is 2.33. The third-order valence-electron chi connectivity index (χ3n) is 14.8. The summed E-state index contributed by atoms with van der Waals surface area (Å²) >= 11 is 0. The minimum atomic E-state index is -1.97. The van der Waals surface area contributed by atoms with Gasteiger partial charge in [-0.3, -0.25) is 4.79 Å². The molecular weight excluding hydrogens is 975 g/mol. The maximum atomic E-state index is 13.3. The van der Waals surface area contributed by atoms with Gasteiger partial charge < -0.3 is 89.9 Å². The molecule has 440 valence electrons. The van der Waals surface area contributed by atoms with Gasteiger partial charge in [0.25, 0.3) is 0 Å². The fourth-order valence-corrected chi connectivity index (χ4v) is 9.93. The van der Waals surface area contributed by atoms with Crippen molar-refractivity contribution in [2.75, 3.05) is 26.4 Å². The number of ether oxygens (including phenoxy) is 6. The first-order chi connectivity index (χ1) is 36.3. The first-order valence-corrected chi connectivity index (χ1v) is 29.1. The van der Waals surface area contributed by atoms with E-state index >= 15 is 0 Å². The molecule has 0 spiro atoms. The molecule has 0 radical (unpaired) electrons. The molecule has 3 aliphatic heterocycles. The Labute approximate surface area is 448 Å². The quantitative estimate of drug-likeness (QED) is 0.0298. The summed E-state index contributed by atoms with van der Waals surface area (Å²) in [6.07, 6.45) is 13.1. The van der Waals surface area contributed by atoms with Gasteiger partial charge in [0.1, 0.15) is 73.2 Å². The highest BCUT2D eigenvalue weighted by molar-refractivity contribution is 5.76. The number of unbranched alkanes of at least 4 members (excludes halogenated alkanes) is 22. The number of rotatable bonds is 42. The highest BCUT2D eigenvalue weighted by atomic mass is 16.8. The van der Waals surface area contributed by atoms with Crippen LogP contribution in [0.5, 0.6) is 0 Å². The van der Waals surface area contributed by atoms with E-state index in [-0.39, 0.29) is 18.9 Å². The number of allylic oxidation sites excluding steroid dienone is 4. The van der Waals surface area contributed by atoms with Crippen molar-refractivity contribution in [1.82, 2.24) is 5.32 Å². The number of nitrogens with one attached hydrogen (secondary N) is 1. The minimum absolute atomic E-state index is 0.250. The summed E-state index contributed by atoms with van der Waals surface area (Å²) in [4.78, 5) is 13.3. The second-order valence-corrected chi connectivity index (χ2v) is 21.1. The summed E-state index contributed by atoms with van der Waals surface area (Å²) in [5.41, 5.74) is 0. The second kappa shape index (κ2) is 40.4. The molecule has 75 heavy (non-hydrogen) atoms. The SMILES string of the molecule is CCCCCCC/C=C\C/C=C\CCCCCCCCCCCCCC(=O)NC(COC1OC(CO)C(OC2OC(CO)C(OC3OC(CO)C(O)C(O)C3O)C(O)C2O)C(O)C1O)C(O)CCCCCCCCC. The first kappa shape index (κ1) is 67.5. The molecule has 0 aromatic heterocycles. The first-order valence-electron chi connectivity index (χ1n) is 29.1. The Hall–Kier alpha value is -1.73. The summed E-state index contributed by atoms with van der Waals surface area (Å²) in [6.45, 7) is 1.71. The standard InChI is InChI=1S/C56H103NO18/c1-3-5-7-9-11-12-13-14-15-16-17-18-19-20-21-22-23-24-25-26-28-30-32-34-44(62)57-39(40(61)33-31-29-27-10-8-6-4-2)38-70-54-50(68)47(65)52(42(36-59)72-54)75-56-51(69)48(66)53(43(37-60)73-56)74-55-49(67)46(64)45(63)41(35-58)71-55/h13-14,16-17,39-43,45-56,58-61,63-69H,3-12,15,18-38H2,1-2H3,(H,57,62)/b14-13-,17-16-. The molecule has 3 heterocycles. The van der Waals surface area contributed by atoms with Crippen molar-refractivity contribution in [3.8, 4) is 0 Å². The zero-order valence-electron chi connectivity index (χ0n) is 45.5. The maximum Gasteiger partial charge on any atom is 0.220 e. The molecule has 19 heteroatoms. The van der Waals surface area contributed by atoms with E-state index in [1.807, 2.05) is 0 Å². The van der Waals surface area contributed by atoms with Crippen molar-refractivity contribution in [3.63, 3.8) is 0 Å². The molecule has 0 bridgehead atoms. The lowest BCUT2D eigenvalue weighted by molar-refractivity contribution is -0.379. The van der Waals surface area contributed by atoms with Crippen LogP contribution in [0.2, 0.25) is 0 Å². The van der Waals surface area contributed by atoms with E-state index in [4.69, 9.17) is 28.4 Å². The fourth-order valence-electron chi connectivity index (χ4n) is 9.93. The van der Waals surface area contributed by atoms with E-state index in [0.29, 0.717) is 12.8 Å². The van der Waals surface area contributed by atoms with Crippen molar-refractivity contribution >= 4 is 5.91 Å². The number of amides is 1. The van der Waals surface area contributed by atoms with E-state index in [9.17, 15) is 61.0 Å². The minimum Gasteiger partial charge on any atom is -0.394 e. The molecule has 17 atom stereocenters. The van der Waals surface area contributed by atoms with Gasteiger partial charge in [-0.15, -0.1) is 0 Å². The number of aliphatic hydroxyl groups excluding tert-OH is 11. The van der Waals surface area contributed by atoms with Gasteiger partial charge in [-0.05, 0) is 44.9 Å². The van der Waals surface area contributed by atoms with Crippen LogP contribution < -0.4 is 5.32 Å². The van der Waals surface area contributed by atoms with Gasteiger partial charge in [0, 0.05) is 6.42 Å². The van der Waals surface area contributed by atoms with Gasteiger partial charge in [-0.2, -0.15) is 0 Å². The van der Waals surface area contributed by atoms with Gasteiger partial charge in [-0.1, -0.05) is 167 Å². The van der Waals surface area contributed by atoms with Crippen LogP contribution in [0.4, 0.5) is 0 Å². The van der Waals surface area contributed by atoms with E-state index in [1.165, 1.54) is 89.9 Å². The Morgan fingerprint density at radius 1 is 0.480 bits per heavy atom. The third-order valence-corrected chi connectivity index (χ3v) is 14.8. The van der Waals surface area contributed by atoms with E-state index < -0.39 is 124 Å². The van der Waals surface area contributed by atoms with Crippen LogP contribution in [0.15, 0.2) is 24.3 Å². The Balaban J connectivity index is 1.42. The van der Waals surface area contributed by atoms with Crippen LogP contribution in [-0.2, 0) is 33.2 Å². The lowest BCUT2D eigenvalue weighted by Gasteiger charge is -2.48. The molecule has 3 rings (SSSR count). The molecule has 0 saturated carbocycles.